The second kappa shape index (κ2) is 6.29. The molecule has 0 saturated carbocycles. The molecule has 1 saturated heterocycles. The van der Waals surface area contributed by atoms with Crippen molar-refractivity contribution in [2.75, 3.05) is 13.1 Å². The minimum absolute atomic E-state index is 0.0267. The predicted molar refractivity (Wildman–Crippen MR) is 94.7 cm³/mol. The van der Waals surface area contributed by atoms with Crippen LogP contribution in [-0.4, -0.2) is 22.2 Å². The van der Waals surface area contributed by atoms with Gasteiger partial charge in [-0.05, 0) is 60.9 Å². The highest BCUT2D eigenvalue weighted by Gasteiger charge is 2.22. The van der Waals surface area contributed by atoms with E-state index in [1.807, 2.05) is 13.0 Å². The first kappa shape index (κ1) is 16.0. The molecule has 7 heteroatoms. The van der Waals surface area contributed by atoms with Gasteiger partial charge in [0.15, 0.2) is 0 Å². The van der Waals surface area contributed by atoms with Gasteiger partial charge >= 0.3 is 5.69 Å². The highest BCUT2D eigenvalue weighted by molar-refractivity contribution is 9.11. The van der Waals surface area contributed by atoms with Crippen molar-refractivity contribution in [3.05, 3.63) is 41.9 Å². The van der Waals surface area contributed by atoms with Crippen molar-refractivity contribution in [1.82, 2.24) is 14.5 Å². The number of aromatic nitrogens is 2. The van der Waals surface area contributed by atoms with E-state index in [2.05, 4.69) is 37.2 Å². The van der Waals surface area contributed by atoms with Crippen molar-refractivity contribution in [2.45, 2.75) is 32.4 Å². The highest BCUT2D eigenvalue weighted by atomic mass is 79.9. The van der Waals surface area contributed by atoms with E-state index in [1.165, 1.54) is 4.57 Å². The van der Waals surface area contributed by atoms with Crippen LogP contribution in [0.2, 0.25) is 0 Å². The van der Waals surface area contributed by atoms with E-state index in [0.29, 0.717) is 17.4 Å². The Balaban J connectivity index is 2.39. The SMILES string of the molecule is CCn1c(=O)n(C2CCNCC2)c(=O)c2cc(Br)cc(Br)c21. The summed E-state index contributed by atoms with van der Waals surface area (Å²) in [7, 11) is 0. The van der Waals surface area contributed by atoms with Crippen molar-refractivity contribution in [1.29, 1.82) is 0 Å². The number of nitrogens with zero attached hydrogens (tertiary/aromatic N) is 2. The van der Waals surface area contributed by atoms with Crippen LogP contribution in [0, 0.1) is 0 Å². The van der Waals surface area contributed by atoms with Crippen molar-refractivity contribution in [3.8, 4) is 0 Å². The van der Waals surface area contributed by atoms with Gasteiger partial charge in [0, 0.05) is 21.5 Å². The summed E-state index contributed by atoms with van der Waals surface area (Å²) in [6.07, 6.45) is 1.61. The van der Waals surface area contributed by atoms with E-state index >= 15 is 0 Å². The van der Waals surface area contributed by atoms with Gasteiger partial charge in [0.05, 0.1) is 10.9 Å². The molecule has 0 radical (unpaired) electrons. The molecule has 2 aromatic rings. The van der Waals surface area contributed by atoms with E-state index in [0.717, 1.165) is 34.9 Å². The lowest BCUT2D eigenvalue weighted by atomic mass is 10.1. The van der Waals surface area contributed by atoms with Gasteiger partial charge in [0.25, 0.3) is 5.56 Å². The van der Waals surface area contributed by atoms with Crippen LogP contribution in [-0.2, 0) is 6.54 Å². The number of hydrogen-bond acceptors (Lipinski definition) is 3. The first-order chi connectivity index (χ1) is 10.5. The van der Waals surface area contributed by atoms with Gasteiger partial charge in [-0.3, -0.25) is 13.9 Å². The summed E-state index contributed by atoms with van der Waals surface area (Å²) in [5, 5.41) is 3.84. The fraction of sp³-hybridized carbons (Fsp3) is 0.467. The quantitative estimate of drug-likeness (QED) is 0.796. The molecule has 1 aliphatic rings. The molecule has 1 aromatic carbocycles. The smallest absolute Gasteiger partial charge is 0.317 e. The molecule has 1 fully saturated rings. The number of aryl methyl sites for hydroxylation is 1. The fourth-order valence-electron chi connectivity index (χ4n) is 3.13. The second-order valence-corrected chi connectivity index (χ2v) is 7.24. The fourth-order valence-corrected chi connectivity index (χ4v) is 4.57. The lowest BCUT2D eigenvalue weighted by molar-refractivity contribution is 0.346. The topological polar surface area (TPSA) is 56.0 Å². The molecule has 0 unspecified atom stereocenters. The minimum atomic E-state index is -0.213. The molecule has 0 amide bonds. The zero-order valence-corrected chi connectivity index (χ0v) is 15.4. The second-order valence-electron chi connectivity index (χ2n) is 5.47. The van der Waals surface area contributed by atoms with Gasteiger partial charge in [-0.1, -0.05) is 15.9 Å². The van der Waals surface area contributed by atoms with E-state index in [-0.39, 0.29) is 17.3 Å². The summed E-state index contributed by atoms with van der Waals surface area (Å²) in [5.41, 5.74) is 0.263. The van der Waals surface area contributed by atoms with E-state index in [4.69, 9.17) is 0 Å². The third-order valence-corrected chi connectivity index (χ3v) is 5.24. The zero-order valence-electron chi connectivity index (χ0n) is 12.2. The first-order valence-corrected chi connectivity index (χ1v) is 8.98. The molecular formula is C15H17Br2N3O2. The Morgan fingerprint density at radius 1 is 1.23 bits per heavy atom. The van der Waals surface area contributed by atoms with Crippen LogP contribution in [0.25, 0.3) is 10.9 Å². The van der Waals surface area contributed by atoms with Gasteiger partial charge in [0.2, 0.25) is 0 Å². The predicted octanol–water partition coefficient (Wildman–Crippen LogP) is 2.63. The van der Waals surface area contributed by atoms with E-state index < -0.39 is 0 Å². The molecule has 0 bridgehead atoms. The number of nitrogens with one attached hydrogen (secondary N) is 1. The number of rotatable bonds is 2. The standard InChI is InChI=1S/C15H17Br2N3O2/c1-2-19-13-11(7-9(16)8-12(13)17)14(21)20(15(19)22)10-3-5-18-6-4-10/h7-8,10,18H,2-6H2,1H3. The zero-order chi connectivity index (χ0) is 15.9. The summed E-state index contributed by atoms with van der Waals surface area (Å²) in [5.74, 6) is 0. The summed E-state index contributed by atoms with van der Waals surface area (Å²) >= 11 is 6.91. The molecule has 0 spiro atoms. The Morgan fingerprint density at radius 2 is 1.91 bits per heavy atom. The highest BCUT2D eigenvalue weighted by Crippen LogP contribution is 2.26. The molecule has 1 aliphatic heterocycles. The van der Waals surface area contributed by atoms with Crippen molar-refractivity contribution in [2.24, 2.45) is 0 Å². The number of halogens is 2. The molecule has 0 aliphatic carbocycles. The first-order valence-electron chi connectivity index (χ1n) is 7.39. The van der Waals surface area contributed by atoms with E-state index in [1.54, 1.807) is 10.6 Å². The number of fused-ring (bicyclic) bond motifs is 1. The summed E-state index contributed by atoms with van der Waals surface area (Å²) in [6, 6.07) is 3.63. The van der Waals surface area contributed by atoms with Gasteiger partial charge in [-0.25, -0.2) is 4.79 Å². The van der Waals surface area contributed by atoms with Gasteiger partial charge in [0.1, 0.15) is 0 Å². The van der Waals surface area contributed by atoms with Crippen molar-refractivity contribution < 1.29 is 0 Å². The van der Waals surface area contributed by atoms with Crippen LogP contribution in [0.1, 0.15) is 25.8 Å². The van der Waals surface area contributed by atoms with E-state index in [9.17, 15) is 9.59 Å². The van der Waals surface area contributed by atoms with Gasteiger partial charge in [-0.2, -0.15) is 0 Å². The monoisotopic (exact) mass is 429 g/mol. The van der Waals surface area contributed by atoms with Crippen LogP contribution < -0.4 is 16.6 Å². The normalized spacial score (nSPS) is 16.3. The van der Waals surface area contributed by atoms with Crippen molar-refractivity contribution >= 4 is 42.8 Å². The lowest BCUT2D eigenvalue weighted by Crippen LogP contribution is -2.45. The molecule has 118 valence electrons. The molecule has 3 rings (SSSR count). The maximum absolute atomic E-state index is 12.9. The third-order valence-electron chi connectivity index (χ3n) is 4.17. The maximum Gasteiger partial charge on any atom is 0.331 e. The Bertz CT molecular complexity index is 835. The largest absolute Gasteiger partial charge is 0.331 e. The molecular weight excluding hydrogens is 414 g/mol. The Kier molecular flexibility index (Phi) is 4.56. The van der Waals surface area contributed by atoms with Crippen molar-refractivity contribution in [3.63, 3.8) is 0 Å². The Hall–Kier alpha value is -0.920. The van der Waals surface area contributed by atoms with Crippen LogP contribution in [0.4, 0.5) is 0 Å². The third kappa shape index (κ3) is 2.59. The summed E-state index contributed by atoms with van der Waals surface area (Å²) in [4.78, 5) is 25.8. The van der Waals surface area contributed by atoms with Crippen LogP contribution in [0.3, 0.4) is 0 Å². The Morgan fingerprint density at radius 3 is 2.55 bits per heavy atom. The molecule has 1 N–H and O–H groups in total. The average molecular weight is 431 g/mol. The summed E-state index contributed by atoms with van der Waals surface area (Å²) < 4.78 is 4.70. The van der Waals surface area contributed by atoms with Gasteiger partial charge < -0.3 is 5.32 Å². The van der Waals surface area contributed by atoms with Crippen LogP contribution in [0.15, 0.2) is 30.7 Å². The lowest BCUT2D eigenvalue weighted by Gasteiger charge is -2.25. The molecule has 1 aromatic heterocycles. The van der Waals surface area contributed by atoms with Gasteiger partial charge in [-0.15, -0.1) is 0 Å². The number of piperidine rings is 1. The minimum Gasteiger partial charge on any atom is -0.317 e. The molecule has 5 nitrogen and oxygen atoms in total. The molecule has 2 heterocycles. The number of hydrogen-bond donors (Lipinski definition) is 1. The Labute approximate surface area is 144 Å². The number of benzene rings is 1. The van der Waals surface area contributed by atoms with Crippen LogP contribution >= 0.6 is 31.9 Å². The summed E-state index contributed by atoms with van der Waals surface area (Å²) in [6.45, 7) is 4.12. The maximum atomic E-state index is 12.9. The average Bonchev–Trinajstić information content (AvgIpc) is 2.50. The van der Waals surface area contributed by atoms with Crippen LogP contribution in [0.5, 0.6) is 0 Å². The molecule has 0 atom stereocenters. The molecule has 22 heavy (non-hydrogen) atoms.